The number of hydrogen-bond donors (Lipinski definition) is 3. The molecule has 3 rings (SSSR count). The highest BCUT2D eigenvalue weighted by Gasteiger charge is 2.22. The van der Waals surface area contributed by atoms with Gasteiger partial charge in [0.05, 0.1) is 18.0 Å². The summed E-state index contributed by atoms with van der Waals surface area (Å²) >= 11 is 6.10. The molecule has 0 unspecified atom stereocenters. The highest BCUT2D eigenvalue weighted by Crippen LogP contribution is 2.30. The minimum Gasteiger partial charge on any atom is -0.357 e. The summed E-state index contributed by atoms with van der Waals surface area (Å²) in [7, 11) is 0. The number of aromatic nitrogens is 2. The van der Waals surface area contributed by atoms with Crippen LogP contribution in [0.15, 0.2) is 33.1 Å². The van der Waals surface area contributed by atoms with Gasteiger partial charge in [-0.25, -0.2) is 0 Å². The average Bonchev–Trinajstić information content (AvgIpc) is 3.30. The molecule has 1 aromatic heterocycles. The molecule has 2 amide bonds. The number of carbonyl (C=O) groups excluding carboxylic acids is 2. The maximum Gasteiger partial charge on any atom is 0.243 e. The monoisotopic (exact) mass is 441 g/mol. The lowest BCUT2D eigenvalue weighted by Crippen LogP contribution is -2.33. The van der Waals surface area contributed by atoms with Gasteiger partial charge >= 0.3 is 0 Å². The predicted molar refractivity (Wildman–Crippen MR) is 103 cm³/mol. The van der Waals surface area contributed by atoms with E-state index in [-0.39, 0.29) is 24.1 Å². The third-order valence-corrected chi connectivity index (χ3v) is 5.91. The van der Waals surface area contributed by atoms with Crippen molar-refractivity contribution in [2.75, 3.05) is 22.9 Å². The fourth-order valence-electron chi connectivity index (χ4n) is 1.84. The van der Waals surface area contributed by atoms with E-state index in [9.17, 15) is 9.59 Å². The fraction of sp³-hybridized carbons (Fsp3) is 0.333. The van der Waals surface area contributed by atoms with Crippen LogP contribution in [0.2, 0.25) is 0 Å². The van der Waals surface area contributed by atoms with E-state index in [2.05, 4.69) is 42.1 Å². The van der Waals surface area contributed by atoms with Crippen molar-refractivity contribution in [1.29, 1.82) is 0 Å². The summed E-state index contributed by atoms with van der Waals surface area (Å²) in [6.45, 7) is -0.0780. The molecule has 1 fully saturated rings. The van der Waals surface area contributed by atoms with Gasteiger partial charge in [-0.15, -0.1) is 10.2 Å². The van der Waals surface area contributed by atoms with Gasteiger partial charge in [-0.2, -0.15) is 0 Å². The largest absolute Gasteiger partial charge is 0.357 e. The Morgan fingerprint density at radius 1 is 1.24 bits per heavy atom. The van der Waals surface area contributed by atoms with Crippen molar-refractivity contribution >= 4 is 61.7 Å². The number of hydrogen-bond acceptors (Lipinski definition) is 7. The van der Waals surface area contributed by atoms with Crippen molar-refractivity contribution in [2.45, 2.75) is 23.2 Å². The van der Waals surface area contributed by atoms with E-state index in [4.69, 9.17) is 0 Å². The summed E-state index contributed by atoms with van der Waals surface area (Å²) in [6.07, 6.45) is 2.35. The third kappa shape index (κ3) is 5.98. The van der Waals surface area contributed by atoms with Crippen LogP contribution in [0.25, 0.3) is 0 Å². The second-order valence-electron chi connectivity index (χ2n) is 5.39. The first-order valence-electron chi connectivity index (χ1n) is 7.64. The van der Waals surface area contributed by atoms with Crippen molar-refractivity contribution in [2.24, 2.45) is 0 Å². The number of para-hydroxylation sites is 1. The second-order valence-corrected chi connectivity index (χ2v) is 8.44. The number of anilines is 2. The molecule has 0 spiro atoms. The molecule has 132 valence electrons. The molecular weight excluding hydrogens is 426 g/mol. The van der Waals surface area contributed by atoms with Crippen molar-refractivity contribution < 1.29 is 9.59 Å². The van der Waals surface area contributed by atoms with E-state index < -0.39 is 0 Å². The molecule has 1 saturated carbocycles. The Bertz CT molecular complexity index is 766. The quantitative estimate of drug-likeness (QED) is 0.545. The topological polar surface area (TPSA) is 96.0 Å². The molecular formula is C15H16BrN5O2S2. The third-order valence-electron chi connectivity index (χ3n) is 3.23. The number of amides is 2. The molecule has 7 nitrogen and oxygen atoms in total. The zero-order valence-corrected chi connectivity index (χ0v) is 16.3. The van der Waals surface area contributed by atoms with Gasteiger partial charge in [0.25, 0.3) is 0 Å². The number of nitrogens with zero attached hydrogens (tertiary/aromatic N) is 2. The average molecular weight is 442 g/mol. The van der Waals surface area contributed by atoms with E-state index >= 15 is 0 Å². The van der Waals surface area contributed by atoms with Gasteiger partial charge in [0.15, 0.2) is 4.34 Å². The maximum atomic E-state index is 11.9. The first-order valence-corrected chi connectivity index (χ1v) is 10.2. The number of carbonyl (C=O) groups is 2. The van der Waals surface area contributed by atoms with Gasteiger partial charge < -0.3 is 16.0 Å². The van der Waals surface area contributed by atoms with E-state index in [1.165, 1.54) is 35.9 Å². The summed E-state index contributed by atoms with van der Waals surface area (Å²) in [5, 5.41) is 17.5. The lowest BCUT2D eigenvalue weighted by Gasteiger charge is -2.08. The lowest BCUT2D eigenvalue weighted by atomic mass is 10.3. The van der Waals surface area contributed by atoms with Crippen LogP contribution in [0.3, 0.4) is 0 Å². The fourth-order valence-corrected chi connectivity index (χ4v) is 3.89. The number of benzene rings is 1. The Labute approximate surface area is 161 Å². The lowest BCUT2D eigenvalue weighted by molar-refractivity contribution is -0.122. The summed E-state index contributed by atoms with van der Waals surface area (Å²) < 4.78 is 1.52. The summed E-state index contributed by atoms with van der Waals surface area (Å²) in [5.74, 6) is -0.309. The predicted octanol–water partition coefficient (Wildman–Crippen LogP) is 2.72. The molecule has 2 aromatic rings. The number of nitrogens with one attached hydrogen (secondary N) is 3. The Hall–Kier alpha value is -1.65. The van der Waals surface area contributed by atoms with Crippen molar-refractivity contribution in [3.63, 3.8) is 0 Å². The van der Waals surface area contributed by atoms with Crippen LogP contribution in [0, 0.1) is 0 Å². The van der Waals surface area contributed by atoms with Crippen molar-refractivity contribution in [3.05, 3.63) is 28.7 Å². The standard InChI is InChI=1S/C15H16BrN5O2S2/c16-10-3-1-2-4-11(10)19-12(22)7-17-13(23)8-24-15-21-20-14(25-15)18-9-5-6-9/h1-4,9H,5-8H2,(H,17,23)(H,18,20)(H,19,22). The highest BCUT2D eigenvalue weighted by molar-refractivity contribution is 9.10. The van der Waals surface area contributed by atoms with Gasteiger partial charge in [-0.1, -0.05) is 35.2 Å². The minimum absolute atomic E-state index is 0.0780. The first kappa shape index (κ1) is 18.2. The summed E-state index contributed by atoms with van der Waals surface area (Å²) in [5.41, 5.74) is 0.667. The zero-order valence-electron chi connectivity index (χ0n) is 13.1. The van der Waals surface area contributed by atoms with Crippen LogP contribution < -0.4 is 16.0 Å². The molecule has 1 aliphatic rings. The van der Waals surface area contributed by atoms with Crippen LogP contribution in [-0.2, 0) is 9.59 Å². The number of halogens is 1. The summed E-state index contributed by atoms with van der Waals surface area (Å²) in [6, 6.07) is 7.82. The number of rotatable bonds is 8. The van der Waals surface area contributed by atoms with Crippen LogP contribution >= 0.6 is 39.0 Å². The molecule has 25 heavy (non-hydrogen) atoms. The van der Waals surface area contributed by atoms with Gasteiger partial charge in [-0.05, 0) is 40.9 Å². The normalized spacial score (nSPS) is 13.3. The Balaban J connectivity index is 1.36. The first-order chi connectivity index (χ1) is 12.1. The molecule has 1 aromatic carbocycles. The molecule has 0 aliphatic heterocycles. The van der Waals surface area contributed by atoms with Gasteiger partial charge in [0.2, 0.25) is 16.9 Å². The molecule has 1 aliphatic carbocycles. The van der Waals surface area contributed by atoms with E-state index in [1.807, 2.05) is 18.2 Å². The number of thioether (sulfide) groups is 1. The van der Waals surface area contributed by atoms with Crippen LogP contribution in [0.1, 0.15) is 12.8 Å². The zero-order chi connectivity index (χ0) is 17.6. The molecule has 0 bridgehead atoms. The molecule has 0 radical (unpaired) electrons. The van der Waals surface area contributed by atoms with Crippen LogP contribution in [0.4, 0.5) is 10.8 Å². The smallest absolute Gasteiger partial charge is 0.243 e. The van der Waals surface area contributed by atoms with Crippen LogP contribution in [0.5, 0.6) is 0 Å². The highest BCUT2D eigenvalue weighted by atomic mass is 79.9. The van der Waals surface area contributed by atoms with Gasteiger partial charge in [0.1, 0.15) is 0 Å². The summed E-state index contributed by atoms with van der Waals surface area (Å²) in [4.78, 5) is 23.7. The van der Waals surface area contributed by atoms with Gasteiger partial charge in [0, 0.05) is 10.5 Å². The molecule has 3 N–H and O–H groups in total. The molecule has 0 atom stereocenters. The van der Waals surface area contributed by atoms with Crippen molar-refractivity contribution in [1.82, 2.24) is 15.5 Å². The van der Waals surface area contributed by atoms with E-state index in [0.717, 1.165) is 13.9 Å². The van der Waals surface area contributed by atoms with Crippen LogP contribution in [-0.4, -0.2) is 40.4 Å². The minimum atomic E-state index is -0.280. The van der Waals surface area contributed by atoms with E-state index in [1.54, 1.807) is 6.07 Å². The Morgan fingerprint density at radius 3 is 2.80 bits per heavy atom. The second kappa shape index (κ2) is 8.63. The van der Waals surface area contributed by atoms with E-state index in [0.29, 0.717) is 11.7 Å². The van der Waals surface area contributed by atoms with Crippen molar-refractivity contribution in [3.8, 4) is 0 Å². The SMILES string of the molecule is O=C(CSc1nnc(NC2CC2)s1)NCC(=O)Nc1ccccc1Br. The molecule has 0 saturated heterocycles. The Kier molecular flexibility index (Phi) is 6.27. The molecule has 10 heteroatoms. The molecule has 1 heterocycles. The van der Waals surface area contributed by atoms with Gasteiger partial charge in [-0.3, -0.25) is 9.59 Å². The Morgan fingerprint density at radius 2 is 2.04 bits per heavy atom. The maximum absolute atomic E-state index is 11.9.